The summed E-state index contributed by atoms with van der Waals surface area (Å²) < 4.78 is 4.36. The fourth-order valence-corrected chi connectivity index (χ4v) is 5.04. The zero-order chi connectivity index (χ0) is 22.2. The lowest BCUT2D eigenvalue weighted by Crippen LogP contribution is -2.30. The maximum Gasteiger partial charge on any atom is 0.174 e. The Balaban J connectivity index is 1.67. The number of nitrogens with zero attached hydrogens (tertiary/aromatic N) is 3. The highest BCUT2D eigenvalue weighted by Crippen LogP contribution is 2.42. The van der Waals surface area contributed by atoms with E-state index in [1.54, 1.807) is 0 Å². The second kappa shape index (κ2) is 8.81. The van der Waals surface area contributed by atoms with Gasteiger partial charge in [-0.3, -0.25) is 4.98 Å². The molecule has 160 valence electrons. The molecule has 1 aliphatic rings. The number of thiocarbonyl (C=S) groups is 1. The van der Waals surface area contributed by atoms with Gasteiger partial charge >= 0.3 is 0 Å². The normalized spacial score (nSPS) is 18.1. The van der Waals surface area contributed by atoms with Gasteiger partial charge in [0.25, 0.3) is 0 Å². The third kappa shape index (κ3) is 3.89. The Morgan fingerprint density at radius 3 is 2.44 bits per heavy atom. The van der Waals surface area contributed by atoms with Gasteiger partial charge in [-0.1, -0.05) is 37.9 Å². The maximum atomic E-state index is 5.86. The minimum atomic E-state index is -0.0863. The SMILES string of the molecule is Cc1cc(N2C(=S)N[C@H](c3ccccn3)[C@@H]2c2cccn2-c2ccc(Br)cc2)ccc1Br. The van der Waals surface area contributed by atoms with Crippen molar-refractivity contribution in [1.82, 2.24) is 14.9 Å². The molecule has 0 bridgehead atoms. The van der Waals surface area contributed by atoms with Crippen molar-refractivity contribution in [3.63, 3.8) is 0 Å². The molecule has 4 aromatic rings. The van der Waals surface area contributed by atoms with E-state index in [0.29, 0.717) is 5.11 Å². The third-order valence-electron chi connectivity index (χ3n) is 5.71. The monoisotopic (exact) mass is 566 g/mol. The largest absolute Gasteiger partial charge is 0.351 e. The Hall–Kier alpha value is -2.48. The van der Waals surface area contributed by atoms with E-state index in [2.05, 4.69) is 125 Å². The maximum absolute atomic E-state index is 5.86. The van der Waals surface area contributed by atoms with E-state index in [1.807, 2.05) is 18.3 Å². The van der Waals surface area contributed by atoms with E-state index in [9.17, 15) is 0 Å². The van der Waals surface area contributed by atoms with Gasteiger partial charge in [0.2, 0.25) is 0 Å². The Kier molecular flexibility index (Phi) is 5.88. The van der Waals surface area contributed by atoms with Crippen LogP contribution in [0.25, 0.3) is 5.69 Å². The quantitative estimate of drug-likeness (QED) is 0.272. The van der Waals surface area contributed by atoms with Crippen LogP contribution in [0.3, 0.4) is 0 Å². The molecule has 0 amide bonds. The first-order chi connectivity index (χ1) is 15.5. The molecule has 0 radical (unpaired) electrons. The smallest absolute Gasteiger partial charge is 0.174 e. The zero-order valence-electron chi connectivity index (χ0n) is 17.2. The van der Waals surface area contributed by atoms with Crippen molar-refractivity contribution in [2.24, 2.45) is 0 Å². The highest BCUT2D eigenvalue weighted by Gasteiger charge is 2.42. The standard InChI is InChI=1S/C25H20Br2N4S/c1-16-15-19(11-12-20(16)27)31-24(23(29-25(31)32)21-5-2-3-13-28-21)22-6-4-14-30(22)18-9-7-17(26)8-10-18/h2-15,23-24H,1H3,(H,29,32)/t23-,24+/m1/s1. The van der Waals surface area contributed by atoms with Crippen LogP contribution in [0.4, 0.5) is 5.69 Å². The number of hydrogen-bond donors (Lipinski definition) is 1. The van der Waals surface area contributed by atoms with Crippen LogP contribution in [0, 0.1) is 6.92 Å². The highest BCUT2D eigenvalue weighted by molar-refractivity contribution is 9.10. The van der Waals surface area contributed by atoms with Gasteiger partial charge in [-0.15, -0.1) is 0 Å². The van der Waals surface area contributed by atoms with Gasteiger partial charge in [0.1, 0.15) is 6.04 Å². The Morgan fingerprint density at radius 1 is 0.938 bits per heavy atom. The molecular formula is C25H20Br2N4S. The molecule has 0 unspecified atom stereocenters. The number of hydrogen-bond acceptors (Lipinski definition) is 2. The molecule has 1 aliphatic heterocycles. The van der Waals surface area contributed by atoms with Crippen LogP contribution >= 0.6 is 44.1 Å². The van der Waals surface area contributed by atoms with Crippen molar-refractivity contribution in [3.8, 4) is 5.69 Å². The fourth-order valence-electron chi connectivity index (χ4n) is 4.18. The summed E-state index contributed by atoms with van der Waals surface area (Å²) >= 11 is 13.0. The summed E-state index contributed by atoms with van der Waals surface area (Å²) in [7, 11) is 0. The average Bonchev–Trinajstić information content (AvgIpc) is 3.41. The Bertz CT molecular complexity index is 1270. The molecule has 3 heterocycles. The van der Waals surface area contributed by atoms with Crippen LogP contribution in [-0.2, 0) is 0 Å². The van der Waals surface area contributed by atoms with Crippen LogP contribution in [0.1, 0.15) is 29.0 Å². The van der Waals surface area contributed by atoms with Gasteiger partial charge in [-0.25, -0.2) is 0 Å². The molecule has 0 spiro atoms. The van der Waals surface area contributed by atoms with Crippen LogP contribution in [0.2, 0.25) is 0 Å². The second-order valence-corrected chi connectivity index (χ2v) is 9.87. The summed E-state index contributed by atoms with van der Waals surface area (Å²) in [6.07, 6.45) is 3.93. The molecule has 32 heavy (non-hydrogen) atoms. The topological polar surface area (TPSA) is 33.1 Å². The average molecular weight is 568 g/mol. The van der Waals surface area contributed by atoms with E-state index in [-0.39, 0.29) is 12.1 Å². The predicted molar refractivity (Wildman–Crippen MR) is 140 cm³/mol. The molecule has 1 N–H and O–H groups in total. The number of rotatable bonds is 4. The minimum absolute atomic E-state index is 0.0726. The molecule has 0 aliphatic carbocycles. The molecule has 0 saturated carbocycles. The number of aryl methyl sites for hydroxylation is 1. The van der Waals surface area contributed by atoms with E-state index < -0.39 is 0 Å². The molecule has 2 aromatic carbocycles. The van der Waals surface area contributed by atoms with Crippen molar-refractivity contribution in [1.29, 1.82) is 0 Å². The molecule has 1 saturated heterocycles. The summed E-state index contributed by atoms with van der Waals surface area (Å²) in [5, 5.41) is 4.23. The first-order valence-electron chi connectivity index (χ1n) is 10.2. The summed E-state index contributed by atoms with van der Waals surface area (Å²) in [5.74, 6) is 0. The first-order valence-corrected chi connectivity index (χ1v) is 12.2. The van der Waals surface area contributed by atoms with E-state index in [1.165, 1.54) is 0 Å². The number of benzene rings is 2. The van der Waals surface area contributed by atoms with Crippen molar-refractivity contribution >= 4 is 54.9 Å². The molecule has 2 aromatic heterocycles. The van der Waals surface area contributed by atoms with Crippen molar-refractivity contribution in [2.75, 3.05) is 4.90 Å². The number of aromatic nitrogens is 2. The number of anilines is 1. The van der Waals surface area contributed by atoms with Gasteiger partial charge < -0.3 is 14.8 Å². The number of nitrogens with one attached hydrogen (secondary N) is 1. The van der Waals surface area contributed by atoms with Gasteiger partial charge in [-0.05, 0) is 91.4 Å². The zero-order valence-corrected chi connectivity index (χ0v) is 21.2. The Labute approximate surface area is 209 Å². The van der Waals surface area contributed by atoms with Crippen LogP contribution in [0.15, 0.2) is 94.1 Å². The lowest BCUT2D eigenvalue weighted by atomic mass is 10.0. The molecule has 5 rings (SSSR count). The third-order valence-corrected chi connectivity index (χ3v) is 7.44. The lowest BCUT2D eigenvalue weighted by molar-refractivity contribution is 0.549. The van der Waals surface area contributed by atoms with Gasteiger partial charge in [0.15, 0.2) is 5.11 Å². The highest BCUT2D eigenvalue weighted by atomic mass is 79.9. The van der Waals surface area contributed by atoms with Crippen LogP contribution < -0.4 is 10.2 Å². The summed E-state index contributed by atoms with van der Waals surface area (Å²) in [5.41, 5.74) is 5.40. The number of halogens is 2. The fraction of sp³-hybridized carbons (Fsp3) is 0.120. The molecular weight excluding hydrogens is 548 g/mol. The lowest BCUT2D eigenvalue weighted by Gasteiger charge is -2.29. The summed E-state index contributed by atoms with van der Waals surface area (Å²) in [6.45, 7) is 2.09. The second-order valence-electron chi connectivity index (χ2n) is 7.71. The van der Waals surface area contributed by atoms with Crippen molar-refractivity contribution in [2.45, 2.75) is 19.0 Å². The summed E-state index contributed by atoms with van der Waals surface area (Å²) in [6, 6.07) is 24.8. The van der Waals surface area contributed by atoms with Gasteiger partial charge in [0, 0.05) is 38.4 Å². The van der Waals surface area contributed by atoms with E-state index in [0.717, 1.165) is 37.3 Å². The first kappa shape index (κ1) is 21.4. The van der Waals surface area contributed by atoms with Crippen LogP contribution in [0.5, 0.6) is 0 Å². The van der Waals surface area contributed by atoms with Gasteiger partial charge in [0.05, 0.1) is 11.7 Å². The molecule has 2 atom stereocenters. The Morgan fingerprint density at radius 2 is 1.72 bits per heavy atom. The van der Waals surface area contributed by atoms with Gasteiger partial charge in [-0.2, -0.15) is 0 Å². The molecule has 1 fully saturated rings. The van der Waals surface area contributed by atoms with E-state index in [4.69, 9.17) is 12.2 Å². The molecule has 4 nitrogen and oxygen atoms in total. The minimum Gasteiger partial charge on any atom is -0.351 e. The van der Waals surface area contributed by atoms with Crippen LogP contribution in [-0.4, -0.2) is 14.7 Å². The summed E-state index contributed by atoms with van der Waals surface area (Å²) in [4.78, 5) is 6.86. The van der Waals surface area contributed by atoms with Crippen molar-refractivity contribution < 1.29 is 0 Å². The predicted octanol–water partition coefficient (Wildman–Crippen LogP) is 6.88. The number of pyridine rings is 1. The van der Waals surface area contributed by atoms with E-state index >= 15 is 0 Å². The van der Waals surface area contributed by atoms with Crippen molar-refractivity contribution in [3.05, 3.63) is 111 Å². The molecule has 7 heteroatoms.